The largest absolute Gasteiger partial charge is 0.309 e. The van der Waals surface area contributed by atoms with E-state index in [-0.39, 0.29) is 0 Å². The molecule has 0 aliphatic rings. The number of aromatic nitrogens is 1. The number of nitrogens with zero attached hydrogens (tertiary/aromatic N) is 1. The highest BCUT2D eigenvalue weighted by Gasteiger charge is 2.14. The molecule has 2 nitrogen and oxygen atoms in total. The molecule has 18 heavy (non-hydrogen) atoms. The van der Waals surface area contributed by atoms with E-state index in [1.165, 1.54) is 21.1 Å². The molecule has 4 heteroatoms. The zero-order valence-electron chi connectivity index (χ0n) is 11.0. The van der Waals surface area contributed by atoms with Crippen LogP contribution in [0.1, 0.15) is 40.9 Å². The Kier molecular flexibility index (Phi) is 5.35. The summed E-state index contributed by atoms with van der Waals surface area (Å²) in [7, 11) is 0. The highest BCUT2D eigenvalue weighted by atomic mass is 32.1. The third-order valence-corrected chi connectivity index (χ3v) is 5.05. The molecule has 2 aromatic heterocycles. The second-order valence-corrected chi connectivity index (χ2v) is 6.51. The monoisotopic (exact) mass is 280 g/mol. The summed E-state index contributed by atoms with van der Waals surface area (Å²) >= 11 is 3.68. The molecule has 0 radical (unpaired) electrons. The van der Waals surface area contributed by atoms with Crippen LogP contribution in [-0.4, -0.2) is 11.5 Å². The van der Waals surface area contributed by atoms with Gasteiger partial charge in [-0.3, -0.25) is 4.98 Å². The predicted octanol–water partition coefficient (Wildman–Crippen LogP) is 4.05. The van der Waals surface area contributed by atoms with E-state index in [2.05, 4.69) is 36.3 Å². The van der Waals surface area contributed by atoms with E-state index in [0.717, 1.165) is 19.4 Å². The van der Waals surface area contributed by atoms with Gasteiger partial charge in [0.15, 0.2) is 0 Å². The van der Waals surface area contributed by atoms with Gasteiger partial charge in [-0.05, 0) is 31.5 Å². The van der Waals surface area contributed by atoms with Crippen molar-refractivity contribution < 1.29 is 0 Å². The minimum Gasteiger partial charge on any atom is -0.309 e. The molecular formula is C14H20N2S2. The molecule has 2 heterocycles. The summed E-state index contributed by atoms with van der Waals surface area (Å²) < 4.78 is 0. The van der Waals surface area contributed by atoms with Crippen LogP contribution in [0.2, 0.25) is 0 Å². The number of hydrogen-bond donors (Lipinski definition) is 1. The van der Waals surface area contributed by atoms with Crippen molar-refractivity contribution in [1.82, 2.24) is 10.3 Å². The average Bonchev–Trinajstić information content (AvgIpc) is 3.05. The van der Waals surface area contributed by atoms with Crippen molar-refractivity contribution in [3.05, 3.63) is 38.5 Å². The third-order valence-electron chi connectivity index (χ3n) is 2.91. The molecule has 2 rings (SSSR count). The van der Waals surface area contributed by atoms with Gasteiger partial charge < -0.3 is 5.32 Å². The third kappa shape index (κ3) is 3.64. The summed E-state index contributed by atoms with van der Waals surface area (Å²) in [5.41, 5.74) is 1.92. The predicted molar refractivity (Wildman–Crippen MR) is 80.5 cm³/mol. The van der Waals surface area contributed by atoms with Crippen molar-refractivity contribution in [2.45, 2.75) is 39.2 Å². The molecule has 0 aliphatic carbocycles. The Labute approximate surface area is 117 Å². The Morgan fingerprint density at radius 2 is 2.11 bits per heavy atom. The molecule has 1 unspecified atom stereocenters. The van der Waals surface area contributed by atoms with Crippen molar-refractivity contribution in [2.75, 3.05) is 6.54 Å². The fourth-order valence-electron chi connectivity index (χ4n) is 1.91. The second kappa shape index (κ2) is 7.02. The molecule has 0 amide bonds. The Hall–Kier alpha value is -0.710. The first-order valence-electron chi connectivity index (χ1n) is 6.52. The van der Waals surface area contributed by atoms with Crippen molar-refractivity contribution in [1.29, 1.82) is 0 Å². The van der Waals surface area contributed by atoms with Crippen LogP contribution in [0, 0.1) is 0 Å². The highest BCUT2D eigenvalue weighted by molar-refractivity contribution is 7.12. The van der Waals surface area contributed by atoms with Crippen LogP contribution in [0.3, 0.4) is 0 Å². The first-order chi connectivity index (χ1) is 8.83. The van der Waals surface area contributed by atoms with Gasteiger partial charge in [0.1, 0.15) is 0 Å². The smallest absolute Gasteiger partial charge is 0.0794 e. The lowest BCUT2D eigenvalue weighted by Gasteiger charge is -2.15. The van der Waals surface area contributed by atoms with Crippen molar-refractivity contribution in [2.24, 2.45) is 0 Å². The van der Waals surface area contributed by atoms with E-state index >= 15 is 0 Å². The molecule has 98 valence electrons. The van der Waals surface area contributed by atoms with Crippen LogP contribution in [0.4, 0.5) is 0 Å². The molecule has 0 aromatic carbocycles. The van der Waals surface area contributed by atoms with Gasteiger partial charge in [0.25, 0.3) is 0 Å². The maximum absolute atomic E-state index is 4.20. The summed E-state index contributed by atoms with van der Waals surface area (Å²) in [4.78, 5) is 8.48. The van der Waals surface area contributed by atoms with Crippen LogP contribution >= 0.6 is 22.7 Å². The molecule has 1 N–H and O–H groups in total. The molecular weight excluding hydrogens is 260 g/mol. The molecule has 2 aromatic rings. The molecule has 0 bridgehead atoms. The minimum absolute atomic E-state index is 0.417. The van der Waals surface area contributed by atoms with Crippen LogP contribution in [0.25, 0.3) is 0 Å². The number of rotatable bonds is 7. The summed E-state index contributed by atoms with van der Waals surface area (Å²) in [6, 6.07) is 4.94. The average molecular weight is 280 g/mol. The number of thiophene rings is 1. The van der Waals surface area contributed by atoms with Crippen LogP contribution < -0.4 is 5.32 Å². The SMILES string of the molecule is CCCNC(Cc1ccc(CC)s1)c1cncs1. The zero-order chi connectivity index (χ0) is 12.8. The first kappa shape index (κ1) is 13.7. The van der Waals surface area contributed by atoms with Crippen molar-refractivity contribution in [3.63, 3.8) is 0 Å². The molecule has 1 atom stereocenters. The van der Waals surface area contributed by atoms with Gasteiger partial charge >= 0.3 is 0 Å². The van der Waals surface area contributed by atoms with Crippen LogP contribution in [0.5, 0.6) is 0 Å². The fraction of sp³-hybridized carbons (Fsp3) is 0.500. The van der Waals surface area contributed by atoms with E-state index < -0.39 is 0 Å². The van der Waals surface area contributed by atoms with Gasteiger partial charge in [-0.15, -0.1) is 22.7 Å². The van der Waals surface area contributed by atoms with Gasteiger partial charge in [0.05, 0.1) is 5.51 Å². The van der Waals surface area contributed by atoms with Crippen molar-refractivity contribution in [3.8, 4) is 0 Å². The van der Waals surface area contributed by atoms with E-state index in [1.54, 1.807) is 11.3 Å². The lowest BCUT2D eigenvalue weighted by atomic mass is 10.1. The van der Waals surface area contributed by atoms with Gasteiger partial charge in [-0.2, -0.15) is 0 Å². The van der Waals surface area contributed by atoms with E-state index in [4.69, 9.17) is 0 Å². The fourth-order valence-corrected chi connectivity index (χ4v) is 3.61. The Bertz CT molecular complexity index is 448. The number of aryl methyl sites for hydroxylation is 1. The van der Waals surface area contributed by atoms with Crippen LogP contribution in [-0.2, 0) is 12.8 Å². The van der Waals surface area contributed by atoms with Gasteiger partial charge in [0, 0.05) is 33.3 Å². The van der Waals surface area contributed by atoms with Gasteiger partial charge in [-0.25, -0.2) is 0 Å². The van der Waals surface area contributed by atoms with E-state index in [1.807, 2.05) is 23.0 Å². The van der Waals surface area contributed by atoms with Gasteiger partial charge in [-0.1, -0.05) is 13.8 Å². The molecule has 0 fully saturated rings. The number of hydrogen-bond acceptors (Lipinski definition) is 4. The molecule has 0 saturated carbocycles. The van der Waals surface area contributed by atoms with Crippen LogP contribution in [0.15, 0.2) is 23.8 Å². The quantitative estimate of drug-likeness (QED) is 0.827. The lowest BCUT2D eigenvalue weighted by Crippen LogP contribution is -2.23. The zero-order valence-corrected chi connectivity index (χ0v) is 12.6. The minimum atomic E-state index is 0.417. The molecule has 0 saturated heterocycles. The lowest BCUT2D eigenvalue weighted by molar-refractivity contribution is 0.539. The Morgan fingerprint density at radius 1 is 1.28 bits per heavy atom. The molecule has 0 aliphatic heterocycles. The summed E-state index contributed by atoms with van der Waals surface area (Å²) in [6.07, 6.45) is 5.37. The standard InChI is InChI=1S/C14H20N2S2/c1-3-7-16-13(14-9-15-10-17-14)8-12-6-5-11(4-2)18-12/h5-6,9-10,13,16H,3-4,7-8H2,1-2H3. The summed E-state index contributed by atoms with van der Waals surface area (Å²) in [6.45, 7) is 5.48. The normalized spacial score (nSPS) is 12.8. The first-order valence-corrected chi connectivity index (χ1v) is 8.22. The Morgan fingerprint density at radius 3 is 2.72 bits per heavy atom. The highest BCUT2D eigenvalue weighted by Crippen LogP contribution is 2.26. The van der Waals surface area contributed by atoms with E-state index in [9.17, 15) is 0 Å². The van der Waals surface area contributed by atoms with Crippen molar-refractivity contribution >= 4 is 22.7 Å². The maximum atomic E-state index is 4.20. The number of thiazole rings is 1. The number of nitrogens with one attached hydrogen (secondary N) is 1. The van der Waals surface area contributed by atoms with Gasteiger partial charge in [0.2, 0.25) is 0 Å². The summed E-state index contributed by atoms with van der Waals surface area (Å²) in [5, 5.41) is 3.62. The molecule has 0 spiro atoms. The second-order valence-electron chi connectivity index (χ2n) is 4.34. The van der Waals surface area contributed by atoms with E-state index in [0.29, 0.717) is 6.04 Å². The topological polar surface area (TPSA) is 24.9 Å². The maximum Gasteiger partial charge on any atom is 0.0794 e. The summed E-state index contributed by atoms with van der Waals surface area (Å²) in [5.74, 6) is 0. The Balaban J connectivity index is 2.04.